The molecule has 1 aromatic heterocycles. The van der Waals surface area contributed by atoms with Gasteiger partial charge in [0.2, 0.25) is 0 Å². The first-order chi connectivity index (χ1) is 9.97. The number of halogens is 5. The van der Waals surface area contributed by atoms with Crippen molar-refractivity contribution in [2.45, 2.75) is 0 Å². The van der Waals surface area contributed by atoms with Gasteiger partial charge in [-0.3, -0.25) is 0 Å². The first kappa shape index (κ1) is 14.3. The van der Waals surface area contributed by atoms with Crippen LogP contribution in [0, 0.1) is 17.5 Å². The molecule has 0 spiro atoms. The number of nitrogens with zero attached hydrogens (tertiary/aromatic N) is 2. The van der Waals surface area contributed by atoms with E-state index in [9.17, 15) is 13.2 Å². The third kappa shape index (κ3) is 2.49. The minimum atomic E-state index is -1.08. The maximum Gasteiger partial charge on any atom is 0.169 e. The van der Waals surface area contributed by atoms with E-state index in [0.29, 0.717) is 5.39 Å². The van der Waals surface area contributed by atoms with E-state index in [-0.39, 0.29) is 26.5 Å². The van der Waals surface area contributed by atoms with Crippen molar-refractivity contribution in [1.29, 1.82) is 0 Å². The number of rotatable bonds is 1. The van der Waals surface area contributed by atoms with Gasteiger partial charge in [-0.2, -0.15) is 0 Å². The van der Waals surface area contributed by atoms with Gasteiger partial charge in [0.05, 0.1) is 15.6 Å². The number of benzene rings is 2. The molecule has 0 aliphatic heterocycles. The van der Waals surface area contributed by atoms with Gasteiger partial charge < -0.3 is 0 Å². The Labute approximate surface area is 130 Å². The molecule has 0 fully saturated rings. The van der Waals surface area contributed by atoms with Crippen LogP contribution in [0.15, 0.2) is 34.8 Å². The maximum absolute atomic E-state index is 13.8. The molecule has 0 amide bonds. The van der Waals surface area contributed by atoms with Crippen LogP contribution < -0.4 is 0 Å². The van der Waals surface area contributed by atoms with Crippen molar-refractivity contribution in [3.05, 3.63) is 57.4 Å². The summed E-state index contributed by atoms with van der Waals surface area (Å²) in [7, 11) is 0. The fourth-order valence-corrected chi connectivity index (χ4v) is 2.46. The molecule has 106 valence electrons. The highest BCUT2D eigenvalue weighted by Gasteiger charge is 2.15. The summed E-state index contributed by atoms with van der Waals surface area (Å²) in [5, 5.41) is 0.435. The van der Waals surface area contributed by atoms with Crippen LogP contribution in [0.3, 0.4) is 0 Å². The van der Waals surface area contributed by atoms with Gasteiger partial charge in [0, 0.05) is 11.5 Å². The van der Waals surface area contributed by atoms with Gasteiger partial charge in [0.15, 0.2) is 17.5 Å². The second kappa shape index (κ2) is 5.27. The molecule has 21 heavy (non-hydrogen) atoms. The number of hydrogen-bond acceptors (Lipinski definition) is 2. The van der Waals surface area contributed by atoms with E-state index in [1.807, 2.05) is 0 Å². The van der Waals surface area contributed by atoms with Crippen LogP contribution in [0.2, 0.25) is 5.15 Å². The quantitative estimate of drug-likeness (QED) is 0.553. The highest BCUT2D eigenvalue weighted by atomic mass is 79.9. The highest BCUT2D eigenvalue weighted by molar-refractivity contribution is 9.10. The molecule has 1 heterocycles. The molecule has 0 bridgehead atoms. The van der Waals surface area contributed by atoms with Crippen molar-refractivity contribution < 1.29 is 13.2 Å². The molecule has 3 aromatic rings. The average Bonchev–Trinajstić information content (AvgIpc) is 2.44. The van der Waals surface area contributed by atoms with E-state index in [2.05, 4.69) is 25.9 Å². The Morgan fingerprint density at radius 2 is 1.76 bits per heavy atom. The van der Waals surface area contributed by atoms with Crippen LogP contribution in [0.5, 0.6) is 0 Å². The molecular formula is C14H5BrClF3N2. The first-order valence-electron chi connectivity index (χ1n) is 5.74. The van der Waals surface area contributed by atoms with Crippen molar-refractivity contribution in [1.82, 2.24) is 9.97 Å². The smallest absolute Gasteiger partial charge is 0.169 e. The fourth-order valence-electron chi connectivity index (χ4n) is 1.88. The van der Waals surface area contributed by atoms with Gasteiger partial charge in [-0.1, -0.05) is 17.7 Å². The highest BCUT2D eigenvalue weighted by Crippen LogP contribution is 2.30. The average molecular weight is 374 g/mol. The molecule has 2 aromatic carbocycles. The Bertz CT molecular complexity index is 870. The zero-order valence-electron chi connectivity index (χ0n) is 10.2. The van der Waals surface area contributed by atoms with Crippen molar-refractivity contribution in [3.8, 4) is 11.4 Å². The largest absolute Gasteiger partial charge is 0.228 e. The van der Waals surface area contributed by atoms with Gasteiger partial charge in [0.1, 0.15) is 11.0 Å². The van der Waals surface area contributed by atoms with Crippen molar-refractivity contribution >= 4 is 38.4 Å². The van der Waals surface area contributed by atoms with Crippen molar-refractivity contribution in [2.75, 3.05) is 0 Å². The molecule has 2 nitrogen and oxygen atoms in total. The monoisotopic (exact) mass is 372 g/mol. The second-order valence-corrected chi connectivity index (χ2v) is 5.44. The van der Waals surface area contributed by atoms with E-state index in [4.69, 9.17) is 11.6 Å². The molecule has 0 unspecified atom stereocenters. The predicted octanol–water partition coefficient (Wildman–Crippen LogP) is 5.13. The van der Waals surface area contributed by atoms with Gasteiger partial charge in [-0.05, 0) is 34.1 Å². The summed E-state index contributed by atoms with van der Waals surface area (Å²) in [6.07, 6.45) is 0. The molecule has 0 saturated carbocycles. The topological polar surface area (TPSA) is 25.8 Å². The standard InChI is InChI=1S/C14H5BrClF3N2/c15-8-4-7-11(5-10(8)18)20-14(21-13(7)16)6-2-1-3-9(17)12(6)19/h1-5H. The SMILES string of the molecule is Fc1cc2nc(-c3cccc(F)c3F)nc(Cl)c2cc1Br. The maximum atomic E-state index is 13.8. The summed E-state index contributed by atoms with van der Waals surface area (Å²) < 4.78 is 40.8. The summed E-state index contributed by atoms with van der Waals surface area (Å²) in [4.78, 5) is 8.00. The van der Waals surface area contributed by atoms with Gasteiger partial charge in [-0.25, -0.2) is 23.1 Å². The lowest BCUT2D eigenvalue weighted by atomic mass is 10.1. The van der Waals surface area contributed by atoms with Gasteiger partial charge in [0.25, 0.3) is 0 Å². The zero-order chi connectivity index (χ0) is 15.1. The van der Waals surface area contributed by atoms with Crippen LogP contribution in [-0.4, -0.2) is 9.97 Å². The third-order valence-electron chi connectivity index (χ3n) is 2.88. The van der Waals surface area contributed by atoms with Crippen LogP contribution in [0.25, 0.3) is 22.3 Å². The summed E-state index contributed by atoms with van der Waals surface area (Å²) >= 11 is 9.05. The van der Waals surface area contributed by atoms with E-state index in [1.54, 1.807) is 0 Å². The van der Waals surface area contributed by atoms with Gasteiger partial charge in [-0.15, -0.1) is 0 Å². The Morgan fingerprint density at radius 1 is 1.00 bits per heavy atom. The normalized spacial score (nSPS) is 11.1. The first-order valence-corrected chi connectivity index (χ1v) is 6.91. The summed E-state index contributed by atoms with van der Waals surface area (Å²) in [5.41, 5.74) is 0.0662. The summed E-state index contributed by atoms with van der Waals surface area (Å²) in [6, 6.07) is 6.22. The zero-order valence-corrected chi connectivity index (χ0v) is 12.5. The molecule has 0 radical (unpaired) electrons. The van der Waals surface area contributed by atoms with E-state index in [1.165, 1.54) is 18.2 Å². The molecule has 0 aliphatic rings. The Hall–Kier alpha value is -1.66. The van der Waals surface area contributed by atoms with Crippen LogP contribution >= 0.6 is 27.5 Å². The van der Waals surface area contributed by atoms with E-state index in [0.717, 1.165) is 12.1 Å². The molecule has 7 heteroatoms. The molecule has 0 saturated heterocycles. The minimum absolute atomic E-state index is 0.0272. The third-order valence-corrected chi connectivity index (χ3v) is 3.78. The van der Waals surface area contributed by atoms with Crippen LogP contribution in [0.4, 0.5) is 13.2 Å². The molecule has 0 atom stereocenters. The number of aromatic nitrogens is 2. The molecule has 0 N–H and O–H groups in total. The second-order valence-electron chi connectivity index (χ2n) is 4.22. The van der Waals surface area contributed by atoms with Crippen molar-refractivity contribution in [3.63, 3.8) is 0 Å². The lowest BCUT2D eigenvalue weighted by Crippen LogP contribution is -1.97. The Morgan fingerprint density at radius 3 is 2.52 bits per heavy atom. The number of fused-ring (bicyclic) bond motifs is 1. The van der Waals surface area contributed by atoms with Crippen molar-refractivity contribution in [2.24, 2.45) is 0 Å². The Balaban J connectivity index is 2.30. The van der Waals surface area contributed by atoms with Crippen LogP contribution in [0.1, 0.15) is 0 Å². The summed E-state index contributed by atoms with van der Waals surface area (Å²) in [6.45, 7) is 0. The lowest BCUT2D eigenvalue weighted by molar-refractivity contribution is 0.510. The Kier molecular flexibility index (Phi) is 3.59. The summed E-state index contributed by atoms with van der Waals surface area (Å²) in [5.74, 6) is -2.74. The van der Waals surface area contributed by atoms with Gasteiger partial charge >= 0.3 is 0 Å². The lowest BCUT2D eigenvalue weighted by Gasteiger charge is -2.07. The molecular weight excluding hydrogens is 369 g/mol. The molecule has 3 rings (SSSR count). The van der Waals surface area contributed by atoms with Crippen LogP contribution in [-0.2, 0) is 0 Å². The predicted molar refractivity (Wildman–Crippen MR) is 77.6 cm³/mol. The number of hydrogen-bond donors (Lipinski definition) is 0. The van der Waals surface area contributed by atoms with E-state index >= 15 is 0 Å². The minimum Gasteiger partial charge on any atom is -0.228 e. The van der Waals surface area contributed by atoms with E-state index < -0.39 is 17.5 Å². The fraction of sp³-hybridized carbons (Fsp3) is 0. The molecule has 0 aliphatic carbocycles.